The lowest BCUT2D eigenvalue weighted by atomic mass is 10.0. The highest BCUT2D eigenvalue weighted by Gasteiger charge is 2.05. The first-order valence-corrected chi connectivity index (χ1v) is 9.65. The zero-order chi connectivity index (χ0) is 18.5. The molecule has 0 saturated heterocycles. The van der Waals surface area contributed by atoms with Gasteiger partial charge in [-0.05, 0) is 45.5 Å². The van der Waals surface area contributed by atoms with Crippen LogP contribution in [0.3, 0.4) is 0 Å². The molecule has 2 aromatic carbocycles. The van der Waals surface area contributed by atoms with Crippen molar-refractivity contribution in [2.24, 2.45) is 0 Å². The molecule has 0 aliphatic heterocycles. The third kappa shape index (κ3) is 4.15. The van der Waals surface area contributed by atoms with Crippen LogP contribution in [0.4, 0.5) is 4.79 Å². The molecule has 27 heavy (non-hydrogen) atoms. The van der Waals surface area contributed by atoms with Crippen LogP contribution in [0.25, 0.3) is 21.3 Å². The van der Waals surface area contributed by atoms with Crippen molar-refractivity contribution >= 4 is 28.1 Å². The van der Waals surface area contributed by atoms with E-state index >= 15 is 0 Å². The summed E-state index contributed by atoms with van der Waals surface area (Å²) >= 11 is 1.65. The molecule has 0 saturated carbocycles. The Morgan fingerprint density at radius 3 is 2.67 bits per heavy atom. The van der Waals surface area contributed by atoms with Gasteiger partial charge in [0.25, 0.3) is 0 Å². The Hall–Kier alpha value is -3.18. The summed E-state index contributed by atoms with van der Waals surface area (Å²) in [6.07, 6.45) is 1.78. The van der Waals surface area contributed by atoms with Crippen LogP contribution in [0.15, 0.2) is 78.3 Å². The van der Waals surface area contributed by atoms with Crippen LogP contribution in [0.2, 0.25) is 0 Å². The van der Waals surface area contributed by atoms with Crippen molar-refractivity contribution in [1.82, 2.24) is 15.6 Å². The first-order valence-electron chi connectivity index (χ1n) is 8.77. The number of carbonyl (C=O) groups is 1. The Bertz CT molecular complexity index is 1050. The average molecular weight is 373 g/mol. The number of thiophene rings is 1. The van der Waals surface area contributed by atoms with Gasteiger partial charge in [-0.15, -0.1) is 11.3 Å². The second kappa shape index (κ2) is 8.01. The molecule has 0 unspecified atom stereocenters. The van der Waals surface area contributed by atoms with Crippen LogP contribution in [0.5, 0.6) is 0 Å². The number of amides is 2. The minimum Gasteiger partial charge on any atom is -0.334 e. The Kier molecular flexibility index (Phi) is 5.12. The van der Waals surface area contributed by atoms with E-state index in [0.717, 1.165) is 27.1 Å². The van der Waals surface area contributed by atoms with Crippen LogP contribution in [0.1, 0.15) is 11.1 Å². The van der Waals surface area contributed by atoms with Gasteiger partial charge in [0.15, 0.2) is 0 Å². The molecule has 2 N–H and O–H groups in total. The van der Waals surface area contributed by atoms with Crippen molar-refractivity contribution in [3.05, 3.63) is 89.4 Å². The van der Waals surface area contributed by atoms with Crippen molar-refractivity contribution in [1.29, 1.82) is 0 Å². The van der Waals surface area contributed by atoms with Gasteiger partial charge in [0.1, 0.15) is 0 Å². The van der Waals surface area contributed by atoms with E-state index in [1.54, 1.807) is 17.5 Å². The number of rotatable bonds is 5. The number of urea groups is 1. The van der Waals surface area contributed by atoms with Crippen LogP contribution in [-0.4, -0.2) is 11.0 Å². The Balaban J connectivity index is 1.35. The highest BCUT2D eigenvalue weighted by Crippen LogP contribution is 2.23. The Morgan fingerprint density at radius 1 is 0.926 bits per heavy atom. The van der Waals surface area contributed by atoms with Gasteiger partial charge in [-0.1, -0.05) is 48.5 Å². The lowest BCUT2D eigenvalue weighted by Crippen LogP contribution is -2.34. The van der Waals surface area contributed by atoms with E-state index < -0.39 is 0 Å². The normalized spacial score (nSPS) is 10.7. The van der Waals surface area contributed by atoms with Crippen molar-refractivity contribution in [2.75, 3.05) is 0 Å². The standard InChI is InChI=1S/C22H19N3OS/c26-22(25-15-18-7-3-6-17-5-1-2-8-19(17)18)24-14-16-10-11-23-20(13-16)21-9-4-12-27-21/h1-13H,14-15H2,(H2,24,25,26). The lowest BCUT2D eigenvalue weighted by molar-refractivity contribution is 0.240. The minimum absolute atomic E-state index is 0.183. The molecule has 2 amide bonds. The summed E-state index contributed by atoms with van der Waals surface area (Å²) in [5.41, 5.74) is 3.06. The van der Waals surface area contributed by atoms with E-state index in [0.29, 0.717) is 13.1 Å². The molecule has 0 aliphatic rings. The van der Waals surface area contributed by atoms with Gasteiger partial charge in [0.05, 0.1) is 10.6 Å². The largest absolute Gasteiger partial charge is 0.334 e. The number of fused-ring (bicyclic) bond motifs is 1. The smallest absolute Gasteiger partial charge is 0.315 e. The van der Waals surface area contributed by atoms with E-state index in [1.165, 1.54) is 5.39 Å². The second-order valence-corrected chi connectivity index (χ2v) is 7.15. The second-order valence-electron chi connectivity index (χ2n) is 6.20. The maximum absolute atomic E-state index is 12.2. The van der Waals surface area contributed by atoms with Crippen LogP contribution < -0.4 is 10.6 Å². The van der Waals surface area contributed by atoms with Gasteiger partial charge in [0, 0.05) is 19.3 Å². The molecule has 4 aromatic rings. The predicted molar refractivity (Wildman–Crippen MR) is 111 cm³/mol. The van der Waals surface area contributed by atoms with E-state index in [-0.39, 0.29) is 6.03 Å². The molecular formula is C22H19N3OS. The number of benzene rings is 2. The number of carbonyl (C=O) groups excluding carboxylic acids is 1. The molecule has 2 aromatic heterocycles. The molecule has 0 spiro atoms. The fourth-order valence-electron chi connectivity index (χ4n) is 3.01. The van der Waals surface area contributed by atoms with Gasteiger partial charge < -0.3 is 10.6 Å². The van der Waals surface area contributed by atoms with Gasteiger partial charge in [-0.25, -0.2) is 4.79 Å². The van der Waals surface area contributed by atoms with E-state index in [1.807, 2.05) is 53.9 Å². The van der Waals surface area contributed by atoms with E-state index in [4.69, 9.17) is 0 Å². The monoisotopic (exact) mass is 373 g/mol. The highest BCUT2D eigenvalue weighted by atomic mass is 32.1. The molecule has 4 rings (SSSR count). The van der Waals surface area contributed by atoms with Crippen molar-refractivity contribution in [3.8, 4) is 10.6 Å². The van der Waals surface area contributed by atoms with Crippen LogP contribution in [-0.2, 0) is 13.1 Å². The lowest BCUT2D eigenvalue weighted by Gasteiger charge is -2.10. The summed E-state index contributed by atoms with van der Waals surface area (Å²) < 4.78 is 0. The molecule has 0 aliphatic carbocycles. The quantitative estimate of drug-likeness (QED) is 0.519. The minimum atomic E-state index is -0.183. The number of hydrogen-bond acceptors (Lipinski definition) is 3. The van der Waals surface area contributed by atoms with Crippen molar-refractivity contribution in [3.63, 3.8) is 0 Å². The van der Waals surface area contributed by atoms with Gasteiger partial charge >= 0.3 is 6.03 Å². The topological polar surface area (TPSA) is 54.0 Å². The summed E-state index contributed by atoms with van der Waals surface area (Å²) in [7, 11) is 0. The van der Waals surface area contributed by atoms with Crippen molar-refractivity contribution < 1.29 is 4.79 Å². The van der Waals surface area contributed by atoms with Gasteiger partial charge in [-0.2, -0.15) is 0 Å². The van der Waals surface area contributed by atoms with Crippen LogP contribution in [0, 0.1) is 0 Å². The molecule has 0 bridgehead atoms. The predicted octanol–water partition coefficient (Wildman–Crippen LogP) is 4.96. The first-order chi connectivity index (χ1) is 13.3. The number of nitrogens with zero attached hydrogens (tertiary/aromatic N) is 1. The fourth-order valence-corrected chi connectivity index (χ4v) is 3.70. The summed E-state index contributed by atoms with van der Waals surface area (Å²) in [5.74, 6) is 0. The summed E-state index contributed by atoms with van der Waals surface area (Å²) in [6.45, 7) is 0.951. The average Bonchev–Trinajstić information content (AvgIpc) is 3.26. The number of pyridine rings is 1. The summed E-state index contributed by atoms with van der Waals surface area (Å²) in [6, 6.07) is 22.1. The molecule has 0 fully saturated rings. The van der Waals surface area contributed by atoms with Gasteiger partial charge in [0.2, 0.25) is 0 Å². The third-order valence-corrected chi connectivity index (χ3v) is 5.26. The zero-order valence-corrected chi connectivity index (χ0v) is 15.5. The SMILES string of the molecule is O=C(NCc1ccnc(-c2cccs2)c1)NCc1cccc2ccccc12. The number of hydrogen-bond donors (Lipinski definition) is 2. The van der Waals surface area contributed by atoms with Crippen LogP contribution >= 0.6 is 11.3 Å². The summed E-state index contributed by atoms with van der Waals surface area (Å²) in [4.78, 5) is 17.7. The Morgan fingerprint density at radius 2 is 1.78 bits per heavy atom. The Labute approximate surface area is 161 Å². The summed E-state index contributed by atoms with van der Waals surface area (Å²) in [5, 5.41) is 10.2. The molecule has 134 valence electrons. The van der Waals surface area contributed by atoms with E-state index in [9.17, 15) is 4.79 Å². The maximum atomic E-state index is 12.2. The third-order valence-electron chi connectivity index (χ3n) is 4.37. The first kappa shape index (κ1) is 17.2. The zero-order valence-electron chi connectivity index (χ0n) is 14.7. The van der Waals surface area contributed by atoms with E-state index in [2.05, 4.69) is 33.8 Å². The molecule has 0 atom stereocenters. The highest BCUT2D eigenvalue weighted by molar-refractivity contribution is 7.13. The molecule has 5 heteroatoms. The number of nitrogens with one attached hydrogen (secondary N) is 2. The van der Waals surface area contributed by atoms with Crippen molar-refractivity contribution in [2.45, 2.75) is 13.1 Å². The molecule has 2 heterocycles. The van der Waals surface area contributed by atoms with Gasteiger partial charge in [-0.3, -0.25) is 4.98 Å². The number of aromatic nitrogens is 1. The fraction of sp³-hybridized carbons (Fsp3) is 0.0909. The molecule has 4 nitrogen and oxygen atoms in total. The maximum Gasteiger partial charge on any atom is 0.315 e. The molecular weight excluding hydrogens is 354 g/mol. The molecule has 0 radical (unpaired) electrons.